The molecule has 22 heavy (non-hydrogen) atoms. The van der Waals surface area contributed by atoms with E-state index in [1.165, 1.54) is 11.8 Å². The molecule has 1 saturated heterocycles. The van der Waals surface area contributed by atoms with Crippen molar-refractivity contribution < 1.29 is 20.1 Å². The SMILES string of the molecule is O[C@@H]1[C@@H](O)[C@H](Oc2ccc(-c3ccncc3)nc2)SC[C@H]1O. The zero-order valence-corrected chi connectivity index (χ0v) is 12.4. The van der Waals surface area contributed by atoms with Gasteiger partial charge in [0.1, 0.15) is 18.0 Å². The molecule has 0 amide bonds. The third-order valence-corrected chi connectivity index (χ3v) is 4.66. The van der Waals surface area contributed by atoms with E-state index in [2.05, 4.69) is 9.97 Å². The van der Waals surface area contributed by atoms with Crippen LogP contribution in [0.15, 0.2) is 42.9 Å². The maximum Gasteiger partial charge on any atom is 0.173 e. The minimum atomic E-state index is -1.20. The molecule has 1 aliphatic heterocycles. The molecule has 2 aromatic heterocycles. The molecule has 0 saturated carbocycles. The second kappa shape index (κ2) is 6.62. The number of ether oxygens (including phenoxy) is 1. The predicted octanol–water partition coefficient (Wildman–Crippen LogP) is 0.678. The fraction of sp³-hybridized carbons (Fsp3) is 0.333. The summed E-state index contributed by atoms with van der Waals surface area (Å²) in [6.45, 7) is 0. The van der Waals surface area contributed by atoms with Gasteiger partial charge in [0.15, 0.2) is 5.44 Å². The summed E-state index contributed by atoms with van der Waals surface area (Å²) in [5.41, 5.74) is 1.11. The van der Waals surface area contributed by atoms with E-state index in [9.17, 15) is 15.3 Å². The summed E-state index contributed by atoms with van der Waals surface area (Å²) in [5, 5.41) is 29.1. The molecule has 116 valence electrons. The topological polar surface area (TPSA) is 95.7 Å². The van der Waals surface area contributed by atoms with Gasteiger partial charge in [0.25, 0.3) is 0 Å². The average molecular weight is 320 g/mol. The van der Waals surface area contributed by atoms with Crippen LogP contribution >= 0.6 is 11.8 Å². The minimum Gasteiger partial charge on any atom is -0.475 e. The number of hydrogen-bond donors (Lipinski definition) is 3. The molecule has 0 radical (unpaired) electrons. The van der Waals surface area contributed by atoms with Crippen LogP contribution in [0.3, 0.4) is 0 Å². The summed E-state index contributed by atoms with van der Waals surface area (Å²) in [5.74, 6) is 0.809. The number of rotatable bonds is 3. The second-order valence-electron chi connectivity index (χ2n) is 4.98. The highest BCUT2D eigenvalue weighted by Crippen LogP contribution is 2.29. The van der Waals surface area contributed by atoms with Gasteiger partial charge in [-0.2, -0.15) is 0 Å². The van der Waals surface area contributed by atoms with Crippen molar-refractivity contribution in [3.05, 3.63) is 42.9 Å². The number of aliphatic hydroxyl groups excluding tert-OH is 3. The monoisotopic (exact) mass is 320 g/mol. The summed E-state index contributed by atoms with van der Waals surface area (Å²) >= 11 is 1.26. The smallest absolute Gasteiger partial charge is 0.173 e. The molecule has 0 aliphatic carbocycles. The van der Waals surface area contributed by atoms with E-state index in [0.717, 1.165) is 11.3 Å². The zero-order valence-electron chi connectivity index (χ0n) is 11.6. The fourth-order valence-corrected chi connectivity index (χ4v) is 3.28. The van der Waals surface area contributed by atoms with Crippen molar-refractivity contribution >= 4 is 11.8 Å². The van der Waals surface area contributed by atoms with E-state index in [1.807, 2.05) is 18.2 Å². The first-order valence-corrected chi connectivity index (χ1v) is 7.89. The van der Waals surface area contributed by atoms with Crippen molar-refractivity contribution in [2.45, 2.75) is 23.7 Å². The minimum absolute atomic E-state index is 0.311. The number of aliphatic hydroxyl groups is 3. The van der Waals surface area contributed by atoms with E-state index in [-0.39, 0.29) is 0 Å². The van der Waals surface area contributed by atoms with Crippen LogP contribution in [0, 0.1) is 0 Å². The van der Waals surface area contributed by atoms with Crippen LogP contribution in [0.2, 0.25) is 0 Å². The number of hydrogen-bond acceptors (Lipinski definition) is 7. The molecule has 3 N–H and O–H groups in total. The van der Waals surface area contributed by atoms with Gasteiger partial charge in [0.2, 0.25) is 0 Å². The van der Waals surface area contributed by atoms with Gasteiger partial charge in [-0.3, -0.25) is 9.97 Å². The molecule has 0 spiro atoms. The fourth-order valence-electron chi connectivity index (χ4n) is 2.16. The average Bonchev–Trinajstić information content (AvgIpc) is 2.57. The molecule has 7 heteroatoms. The Morgan fingerprint density at radius 2 is 1.82 bits per heavy atom. The van der Waals surface area contributed by atoms with Gasteiger partial charge in [-0.25, -0.2) is 0 Å². The second-order valence-corrected chi connectivity index (χ2v) is 6.11. The highest BCUT2D eigenvalue weighted by atomic mass is 32.2. The first-order chi connectivity index (χ1) is 10.6. The van der Waals surface area contributed by atoms with Gasteiger partial charge >= 0.3 is 0 Å². The van der Waals surface area contributed by atoms with E-state index < -0.39 is 23.7 Å². The number of thioether (sulfide) groups is 1. The number of nitrogens with zero attached hydrogens (tertiary/aromatic N) is 2. The molecule has 0 aromatic carbocycles. The molecular weight excluding hydrogens is 304 g/mol. The standard InChI is InChI=1S/C15H16N2O4S/c18-12-8-22-15(14(20)13(12)19)21-10-1-2-11(17-7-10)9-3-5-16-6-4-9/h1-7,12-15,18-20H,8H2/t12-,13+,14-,15-/m1/s1. The third kappa shape index (κ3) is 3.22. The lowest BCUT2D eigenvalue weighted by Gasteiger charge is -2.34. The third-order valence-electron chi connectivity index (χ3n) is 3.42. The normalized spacial score (nSPS) is 28.3. The molecular formula is C15H16N2O4S. The maximum atomic E-state index is 9.92. The van der Waals surface area contributed by atoms with Gasteiger partial charge in [0, 0.05) is 23.7 Å². The Kier molecular flexibility index (Phi) is 4.58. The van der Waals surface area contributed by atoms with Crippen LogP contribution in [0.25, 0.3) is 11.3 Å². The zero-order chi connectivity index (χ0) is 15.5. The van der Waals surface area contributed by atoms with Gasteiger partial charge in [0.05, 0.1) is 18.0 Å². The van der Waals surface area contributed by atoms with Crippen molar-refractivity contribution in [3.63, 3.8) is 0 Å². The van der Waals surface area contributed by atoms with Crippen LogP contribution in [0.5, 0.6) is 5.75 Å². The number of pyridine rings is 2. The van der Waals surface area contributed by atoms with Crippen LogP contribution < -0.4 is 4.74 Å². The highest BCUT2D eigenvalue weighted by molar-refractivity contribution is 7.99. The largest absolute Gasteiger partial charge is 0.475 e. The van der Waals surface area contributed by atoms with Crippen molar-refractivity contribution in [2.75, 3.05) is 5.75 Å². The highest BCUT2D eigenvalue weighted by Gasteiger charge is 2.38. The van der Waals surface area contributed by atoms with Crippen molar-refractivity contribution in [2.24, 2.45) is 0 Å². The van der Waals surface area contributed by atoms with Gasteiger partial charge in [-0.1, -0.05) is 0 Å². The lowest BCUT2D eigenvalue weighted by Crippen LogP contribution is -2.50. The molecule has 6 nitrogen and oxygen atoms in total. The van der Waals surface area contributed by atoms with Gasteiger partial charge < -0.3 is 20.1 Å². The predicted molar refractivity (Wildman–Crippen MR) is 82.4 cm³/mol. The Labute approximate surface area is 131 Å². The Bertz CT molecular complexity index is 611. The first-order valence-electron chi connectivity index (χ1n) is 6.84. The van der Waals surface area contributed by atoms with E-state index in [4.69, 9.17) is 4.74 Å². The summed E-state index contributed by atoms with van der Waals surface area (Å²) < 4.78 is 5.64. The van der Waals surface area contributed by atoms with E-state index in [0.29, 0.717) is 11.5 Å². The Morgan fingerprint density at radius 3 is 2.50 bits per heavy atom. The summed E-state index contributed by atoms with van der Waals surface area (Å²) in [4.78, 5) is 8.28. The lowest BCUT2D eigenvalue weighted by molar-refractivity contribution is -0.0786. The molecule has 3 rings (SSSR count). The molecule has 1 aliphatic rings. The Hall–Kier alpha value is -1.67. The molecule has 3 heterocycles. The van der Waals surface area contributed by atoms with Crippen molar-refractivity contribution in [3.8, 4) is 17.0 Å². The summed E-state index contributed by atoms with van der Waals surface area (Å²) in [7, 11) is 0. The van der Waals surface area contributed by atoms with Crippen LogP contribution in [0.4, 0.5) is 0 Å². The number of aromatic nitrogens is 2. The Morgan fingerprint density at radius 1 is 1.05 bits per heavy atom. The molecule has 1 fully saturated rings. The van der Waals surface area contributed by atoms with Crippen molar-refractivity contribution in [1.82, 2.24) is 9.97 Å². The quantitative estimate of drug-likeness (QED) is 0.765. The van der Waals surface area contributed by atoms with Gasteiger partial charge in [-0.15, -0.1) is 11.8 Å². The van der Waals surface area contributed by atoms with E-state index >= 15 is 0 Å². The van der Waals surface area contributed by atoms with Crippen LogP contribution in [-0.2, 0) is 0 Å². The van der Waals surface area contributed by atoms with Crippen molar-refractivity contribution in [1.29, 1.82) is 0 Å². The summed E-state index contributed by atoms with van der Waals surface area (Å²) in [6, 6.07) is 7.30. The first kappa shape index (κ1) is 15.2. The molecule has 0 bridgehead atoms. The Balaban J connectivity index is 1.69. The maximum absolute atomic E-state index is 9.92. The van der Waals surface area contributed by atoms with Crippen LogP contribution in [-0.4, -0.2) is 54.8 Å². The van der Waals surface area contributed by atoms with E-state index in [1.54, 1.807) is 24.7 Å². The molecule has 4 atom stereocenters. The van der Waals surface area contributed by atoms with Gasteiger partial charge in [-0.05, 0) is 24.3 Å². The molecule has 0 unspecified atom stereocenters. The summed E-state index contributed by atoms with van der Waals surface area (Å²) in [6.07, 6.45) is 1.68. The lowest BCUT2D eigenvalue weighted by atomic mass is 10.1. The van der Waals surface area contributed by atoms with Crippen LogP contribution in [0.1, 0.15) is 0 Å². The molecule has 2 aromatic rings.